The molecule has 1 aromatic carbocycles. The van der Waals surface area contributed by atoms with Gasteiger partial charge in [-0.25, -0.2) is 4.98 Å². The third-order valence-electron chi connectivity index (χ3n) is 4.94. The molecule has 1 heterocycles. The maximum atomic E-state index is 12.6. The fourth-order valence-corrected chi connectivity index (χ4v) is 3.45. The van der Waals surface area contributed by atoms with Gasteiger partial charge in [-0.3, -0.25) is 4.79 Å². The summed E-state index contributed by atoms with van der Waals surface area (Å²) >= 11 is 0. The average Bonchev–Trinajstić information content (AvgIpc) is 3.13. The van der Waals surface area contributed by atoms with Crippen LogP contribution in [0.2, 0.25) is 0 Å². The van der Waals surface area contributed by atoms with E-state index in [0.29, 0.717) is 12.3 Å². The number of fused-ring (bicyclic) bond motifs is 1. The minimum atomic E-state index is -0.00142. The normalized spacial score (nSPS) is 16.0. The summed E-state index contributed by atoms with van der Waals surface area (Å²) in [5.74, 6) is 0.587. The molecule has 0 unspecified atom stereocenters. The van der Waals surface area contributed by atoms with Gasteiger partial charge in [0, 0.05) is 25.4 Å². The third kappa shape index (κ3) is 4.05. The Balaban J connectivity index is 1.58. The van der Waals surface area contributed by atoms with Crippen LogP contribution in [0.5, 0.6) is 0 Å². The maximum Gasteiger partial charge on any atom is 0.220 e. The van der Waals surface area contributed by atoms with Crippen molar-refractivity contribution < 1.29 is 4.79 Å². The van der Waals surface area contributed by atoms with Crippen LogP contribution in [0.3, 0.4) is 0 Å². The molecule has 1 aromatic heterocycles. The van der Waals surface area contributed by atoms with Gasteiger partial charge < -0.3 is 9.88 Å². The summed E-state index contributed by atoms with van der Waals surface area (Å²) in [6.45, 7) is 7.25. The summed E-state index contributed by atoms with van der Waals surface area (Å²) in [7, 11) is 0. The second-order valence-electron chi connectivity index (χ2n) is 7.99. The molecule has 0 saturated carbocycles. The third-order valence-corrected chi connectivity index (χ3v) is 4.94. The van der Waals surface area contributed by atoms with Crippen LogP contribution in [0.1, 0.15) is 38.3 Å². The minimum Gasteiger partial charge on any atom is -0.351 e. The number of hydrogen-bond acceptors (Lipinski definition) is 2. The molecule has 4 heteroatoms. The Morgan fingerprint density at radius 1 is 1.29 bits per heavy atom. The molecule has 128 valence electrons. The molecule has 4 nitrogen and oxygen atoms in total. The second-order valence-corrected chi connectivity index (χ2v) is 7.99. The summed E-state index contributed by atoms with van der Waals surface area (Å²) in [6, 6.07) is 8.63. The predicted molar refractivity (Wildman–Crippen MR) is 95.6 cm³/mol. The van der Waals surface area contributed by atoms with Crippen molar-refractivity contribution in [1.29, 1.82) is 0 Å². The van der Waals surface area contributed by atoms with E-state index in [-0.39, 0.29) is 17.4 Å². The molecule has 1 amide bonds. The molecule has 1 aliphatic carbocycles. The quantitative estimate of drug-likeness (QED) is 0.917. The van der Waals surface area contributed by atoms with Crippen molar-refractivity contribution in [3.05, 3.63) is 54.1 Å². The van der Waals surface area contributed by atoms with Gasteiger partial charge in [-0.15, -0.1) is 0 Å². The van der Waals surface area contributed by atoms with E-state index in [9.17, 15) is 4.79 Å². The number of carbonyl (C=O) groups is 1. The SMILES string of the molecule is CC(C)(C)[C@H](Cn1ccnc1)NC(=O)CC1Cc2ccccc2C1. The maximum absolute atomic E-state index is 12.6. The van der Waals surface area contributed by atoms with Gasteiger partial charge >= 0.3 is 0 Å². The second kappa shape index (κ2) is 6.80. The number of nitrogens with one attached hydrogen (secondary N) is 1. The van der Waals surface area contributed by atoms with E-state index >= 15 is 0 Å². The molecule has 3 rings (SSSR count). The number of rotatable bonds is 5. The molecular formula is C20H27N3O. The van der Waals surface area contributed by atoms with Crippen LogP contribution in [0.15, 0.2) is 43.0 Å². The standard InChI is InChI=1S/C20H27N3O/c1-20(2,3)18(13-23-9-8-21-14-23)22-19(24)12-15-10-16-6-4-5-7-17(16)11-15/h4-9,14-15,18H,10-13H2,1-3H3,(H,22,24)/t18-/m0/s1. The lowest BCUT2D eigenvalue weighted by Gasteiger charge is -2.32. The highest BCUT2D eigenvalue weighted by atomic mass is 16.1. The summed E-state index contributed by atoms with van der Waals surface area (Å²) in [4.78, 5) is 16.7. The van der Waals surface area contributed by atoms with Crippen LogP contribution in [0.4, 0.5) is 0 Å². The highest BCUT2D eigenvalue weighted by Crippen LogP contribution is 2.29. The van der Waals surface area contributed by atoms with Crippen molar-refractivity contribution in [1.82, 2.24) is 14.9 Å². The van der Waals surface area contributed by atoms with E-state index in [4.69, 9.17) is 0 Å². The predicted octanol–water partition coefficient (Wildman–Crippen LogP) is 3.22. The summed E-state index contributed by atoms with van der Waals surface area (Å²) in [6.07, 6.45) is 8.16. The highest BCUT2D eigenvalue weighted by molar-refractivity contribution is 5.76. The van der Waals surface area contributed by atoms with Crippen molar-refractivity contribution in [2.75, 3.05) is 0 Å². The fourth-order valence-electron chi connectivity index (χ4n) is 3.45. The molecule has 0 aliphatic heterocycles. The van der Waals surface area contributed by atoms with Gasteiger partial charge in [0.25, 0.3) is 0 Å². The average molecular weight is 325 g/mol. The van der Waals surface area contributed by atoms with Crippen molar-refractivity contribution in [2.45, 2.75) is 52.6 Å². The van der Waals surface area contributed by atoms with Crippen molar-refractivity contribution >= 4 is 5.91 Å². The minimum absolute atomic E-state index is 0.00142. The zero-order valence-electron chi connectivity index (χ0n) is 14.8. The van der Waals surface area contributed by atoms with E-state index in [1.807, 2.05) is 10.8 Å². The zero-order chi connectivity index (χ0) is 17.2. The van der Waals surface area contributed by atoms with E-state index in [1.165, 1.54) is 11.1 Å². The van der Waals surface area contributed by atoms with Crippen molar-refractivity contribution in [3.63, 3.8) is 0 Å². The number of aromatic nitrogens is 2. The number of amides is 1. The number of carbonyl (C=O) groups excluding carboxylic acids is 1. The van der Waals surface area contributed by atoms with Crippen LogP contribution >= 0.6 is 0 Å². The lowest BCUT2D eigenvalue weighted by molar-refractivity contribution is -0.123. The lowest BCUT2D eigenvalue weighted by atomic mass is 9.86. The summed E-state index contributed by atoms with van der Waals surface area (Å²) in [5.41, 5.74) is 2.81. The van der Waals surface area contributed by atoms with Crippen molar-refractivity contribution in [2.24, 2.45) is 11.3 Å². The molecule has 0 saturated heterocycles. The number of nitrogens with zero attached hydrogens (tertiary/aromatic N) is 2. The summed E-state index contributed by atoms with van der Waals surface area (Å²) in [5, 5.41) is 3.26. The van der Waals surface area contributed by atoms with Gasteiger partial charge in [-0.1, -0.05) is 45.0 Å². The first-order valence-electron chi connectivity index (χ1n) is 8.73. The molecule has 1 atom stereocenters. The molecule has 0 bridgehead atoms. The fraction of sp³-hybridized carbons (Fsp3) is 0.500. The molecule has 1 aliphatic rings. The van der Waals surface area contributed by atoms with Gasteiger partial charge in [0.15, 0.2) is 0 Å². The number of imidazole rings is 1. The van der Waals surface area contributed by atoms with Crippen LogP contribution in [-0.4, -0.2) is 21.5 Å². The Kier molecular flexibility index (Phi) is 4.74. The van der Waals surface area contributed by atoms with E-state index < -0.39 is 0 Å². The van der Waals surface area contributed by atoms with Crippen LogP contribution in [-0.2, 0) is 24.2 Å². The molecule has 0 fully saturated rings. The molecule has 24 heavy (non-hydrogen) atoms. The Morgan fingerprint density at radius 2 is 1.96 bits per heavy atom. The smallest absolute Gasteiger partial charge is 0.220 e. The first-order valence-corrected chi connectivity index (χ1v) is 8.73. The van der Waals surface area contributed by atoms with Crippen LogP contribution in [0.25, 0.3) is 0 Å². The van der Waals surface area contributed by atoms with Crippen LogP contribution < -0.4 is 5.32 Å². The molecular weight excluding hydrogens is 298 g/mol. The first kappa shape index (κ1) is 16.7. The van der Waals surface area contributed by atoms with E-state index in [1.54, 1.807) is 12.5 Å². The summed E-state index contributed by atoms with van der Waals surface area (Å²) < 4.78 is 2.03. The number of hydrogen-bond donors (Lipinski definition) is 1. The van der Waals surface area contributed by atoms with Gasteiger partial charge in [0.1, 0.15) is 0 Å². The van der Waals surface area contributed by atoms with Crippen molar-refractivity contribution in [3.8, 4) is 0 Å². The van der Waals surface area contributed by atoms with E-state index in [2.05, 4.69) is 55.3 Å². The highest BCUT2D eigenvalue weighted by Gasteiger charge is 2.29. The topological polar surface area (TPSA) is 46.9 Å². The van der Waals surface area contributed by atoms with Gasteiger partial charge in [0.05, 0.1) is 12.4 Å². The number of benzene rings is 1. The first-order chi connectivity index (χ1) is 11.4. The zero-order valence-corrected chi connectivity index (χ0v) is 14.8. The molecule has 0 radical (unpaired) electrons. The van der Waals surface area contributed by atoms with Gasteiger partial charge in [-0.05, 0) is 35.3 Å². The van der Waals surface area contributed by atoms with Crippen LogP contribution in [0, 0.1) is 11.3 Å². The van der Waals surface area contributed by atoms with Gasteiger partial charge in [-0.2, -0.15) is 0 Å². The van der Waals surface area contributed by atoms with E-state index in [0.717, 1.165) is 19.4 Å². The molecule has 1 N–H and O–H groups in total. The molecule has 0 spiro atoms. The van der Waals surface area contributed by atoms with Gasteiger partial charge in [0.2, 0.25) is 5.91 Å². The largest absolute Gasteiger partial charge is 0.351 e. The Bertz CT molecular complexity index is 660. The Morgan fingerprint density at radius 3 is 2.50 bits per heavy atom. The Labute approximate surface area is 144 Å². The monoisotopic (exact) mass is 325 g/mol. The lowest BCUT2D eigenvalue weighted by Crippen LogP contribution is -2.46. The molecule has 2 aromatic rings. The Hall–Kier alpha value is -2.10.